The molecule has 3 rings (SSSR count). The highest BCUT2D eigenvalue weighted by molar-refractivity contribution is 6.04. The molecule has 0 bridgehead atoms. The van der Waals surface area contributed by atoms with Crippen LogP contribution in [0.1, 0.15) is 22.5 Å². The van der Waals surface area contributed by atoms with Gasteiger partial charge in [-0.05, 0) is 24.6 Å². The molecule has 1 aromatic carbocycles. The Kier molecular flexibility index (Phi) is 4.51. The summed E-state index contributed by atoms with van der Waals surface area (Å²) in [6.07, 6.45) is 1.84. The van der Waals surface area contributed by atoms with E-state index in [1.807, 2.05) is 37.3 Å². The Morgan fingerprint density at radius 1 is 1.17 bits per heavy atom. The largest absolute Gasteiger partial charge is 0.350 e. The molecule has 7 heteroatoms. The Labute approximate surface area is 138 Å². The minimum absolute atomic E-state index is 0.156. The molecular formula is C17H17N5O2. The van der Waals surface area contributed by atoms with Gasteiger partial charge in [0.15, 0.2) is 5.69 Å². The van der Waals surface area contributed by atoms with Gasteiger partial charge in [0.2, 0.25) is 5.91 Å². The summed E-state index contributed by atoms with van der Waals surface area (Å²) in [5, 5.41) is 13.0. The normalized spacial score (nSPS) is 10.5. The van der Waals surface area contributed by atoms with Gasteiger partial charge in [0.1, 0.15) is 5.82 Å². The van der Waals surface area contributed by atoms with E-state index in [9.17, 15) is 9.59 Å². The predicted molar refractivity (Wildman–Crippen MR) is 90.6 cm³/mol. The van der Waals surface area contributed by atoms with Crippen molar-refractivity contribution in [2.75, 3.05) is 11.9 Å². The summed E-state index contributed by atoms with van der Waals surface area (Å²) in [7, 11) is 0. The first-order chi connectivity index (χ1) is 11.6. The van der Waals surface area contributed by atoms with Crippen molar-refractivity contribution in [3.8, 4) is 0 Å². The summed E-state index contributed by atoms with van der Waals surface area (Å²) in [5.41, 5.74) is 2.14. The first-order valence-corrected chi connectivity index (χ1v) is 7.57. The van der Waals surface area contributed by atoms with Crippen LogP contribution in [0.25, 0.3) is 10.9 Å². The van der Waals surface area contributed by atoms with Crippen LogP contribution in [0.15, 0.2) is 42.6 Å². The van der Waals surface area contributed by atoms with Crippen molar-refractivity contribution in [2.45, 2.75) is 13.3 Å². The molecule has 0 aliphatic heterocycles. The van der Waals surface area contributed by atoms with Gasteiger partial charge in [0, 0.05) is 24.5 Å². The highest BCUT2D eigenvalue weighted by Gasteiger charge is 2.13. The van der Waals surface area contributed by atoms with Crippen LogP contribution in [0.3, 0.4) is 0 Å². The van der Waals surface area contributed by atoms with Crippen molar-refractivity contribution < 1.29 is 9.59 Å². The first kappa shape index (κ1) is 15.7. The van der Waals surface area contributed by atoms with Crippen LogP contribution in [0.4, 0.5) is 5.82 Å². The molecule has 122 valence electrons. The van der Waals surface area contributed by atoms with E-state index in [1.165, 1.54) is 0 Å². The number of pyridine rings is 1. The van der Waals surface area contributed by atoms with E-state index < -0.39 is 0 Å². The van der Waals surface area contributed by atoms with E-state index in [2.05, 4.69) is 25.8 Å². The number of fused-ring (bicyclic) bond motifs is 1. The van der Waals surface area contributed by atoms with E-state index in [-0.39, 0.29) is 24.8 Å². The lowest BCUT2D eigenvalue weighted by Crippen LogP contribution is -2.28. The summed E-state index contributed by atoms with van der Waals surface area (Å²) >= 11 is 0. The minimum atomic E-state index is -0.311. The van der Waals surface area contributed by atoms with Gasteiger partial charge in [-0.2, -0.15) is 5.10 Å². The third-order valence-electron chi connectivity index (χ3n) is 3.50. The van der Waals surface area contributed by atoms with Crippen LogP contribution in [0.2, 0.25) is 0 Å². The number of H-pyrrole nitrogens is 1. The zero-order valence-corrected chi connectivity index (χ0v) is 13.2. The van der Waals surface area contributed by atoms with Crippen molar-refractivity contribution in [1.82, 2.24) is 20.5 Å². The van der Waals surface area contributed by atoms with E-state index in [1.54, 1.807) is 12.3 Å². The highest BCUT2D eigenvalue weighted by atomic mass is 16.2. The molecular weight excluding hydrogens is 306 g/mol. The van der Waals surface area contributed by atoms with Crippen LogP contribution >= 0.6 is 0 Å². The smallest absolute Gasteiger partial charge is 0.272 e. The Bertz CT molecular complexity index is 870. The molecule has 24 heavy (non-hydrogen) atoms. The fourth-order valence-electron chi connectivity index (χ4n) is 2.26. The molecule has 0 spiro atoms. The number of rotatable bonds is 5. The van der Waals surface area contributed by atoms with Crippen LogP contribution in [0, 0.1) is 6.92 Å². The third kappa shape index (κ3) is 3.57. The Morgan fingerprint density at radius 3 is 2.79 bits per heavy atom. The summed E-state index contributed by atoms with van der Waals surface area (Å²) in [5.74, 6) is -0.0255. The summed E-state index contributed by atoms with van der Waals surface area (Å²) in [4.78, 5) is 28.1. The van der Waals surface area contributed by atoms with Crippen molar-refractivity contribution in [2.24, 2.45) is 0 Å². The zero-order valence-electron chi connectivity index (χ0n) is 13.2. The molecule has 0 aliphatic rings. The molecule has 2 amide bonds. The minimum Gasteiger partial charge on any atom is -0.350 e. The van der Waals surface area contributed by atoms with Crippen molar-refractivity contribution >= 4 is 28.5 Å². The quantitative estimate of drug-likeness (QED) is 0.669. The number of carbonyl (C=O) groups excluding carboxylic acids is 2. The molecule has 3 N–H and O–H groups in total. The monoisotopic (exact) mass is 323 g/mol. The lowest BCUT2D eigenvalue weighted by Gasteiger charge is -2.05. The van der Waals surface area contributed by atoms with E-state index in [0.29, 0.717) is 11.5 Å². The Hall–Kier alpha value is -3.22. The van der Waals surface area contributed by atoms with Crippen LogP contribution < -0.4 is 10.6 Å². The molecule has 0 radical (unpaired) electrons. The molecule has 0 saturated heterocycles. The van der Waals surface area contributed by atoms with E-state index >= 15 is 0 Å². The summed E-state index contributed by atoms with van der Waals surface area (Å²) in [6.45, 7) is 2.14. The lowest BCUT2D eigenvalue weighted by atomic mass is 10.2. The third-order valence-corrected chi connectivity index (χ3v) is 3.50. The second-order valence-corrected chi connectivity index (χ2v) is 5.39. The molecule has 0 unspecified atom stereocenters. The number of para-hydroxylation sites is 1. The van der Waals surface area contributed by atoms with Gasteiger partial charge in [-0.25, -0.2) is 4.98 Å². The number of nitrogens with zero attached hydrogens (tertiary/aromatic N) is 2. The topological polar surface area (TPSA) is 99.8 Å². The second-order valence-electron chi connectivity index (χ2n) is 5.39. The average Bonchev–Trinajstić information content (AvgIpc) is 3.01. The number of benzene rings is 1. The molecule has 0 aliphatic carbocycles. The SMILES string of the molecule is Cc1ccc(NC(=O)CCNC(=O)c2n[nH]c3ccccc23)nc1. The maximum atomic E-state index is 12.2. The van der Waals surface area contributed by atoms with E-state index in [4.69, 9.17) is 0 Å². The number of aromatic amines is 1. The lowest BCUT2D eigenvalue weighted by molar-refractivity contribution is -0.116. The van der Waals surface area contributed by atoms with Crippen LogP contribution in [0.5, 0.6) is 0 Å². The molecule has 0 fully saturated rings. The highest BCUT2D eigenvalue weighted by Crippen LogP contribution is 2.14. The summed E-state index contributed by atoms with van der Waals surface area (Å²) in [6, 6.07) is 11.0. The van der Waals surface area contributed by atoms with E-state index in [0.717, 1.165) is 16.5 Å². The van der Waals surface area contributed by atoms with Crippen molar-refractivity contribution in [1.29, 1.82) is 0 Å². The maximum absolute atomic E-state index is 12.2. The fourth-order valence-corrected chi connectivity index (χ4v) is 2.26. The summed E-state index contributed by atoms with van der Waals surface area (Å²) < 4.78 is 0. The number of hydrogen-bond acceptors (Lipinski definition) is 4. The average molecular weight is 323 g/mol. The predicted octanol–water partition coefficient (Wildman–Crippen LogP) is 2.02. The van der Waals surface area contributed by atoms with Gasteiger partial charge in [-0.15, -0.1) is 0 Å². The van der Waals surface area contributed by atoms with Crippen LogP contribution in [-0.2, 0) is 4.79 Å². The molecule has 7 nitrogen and oxygen atoms in total. The number of hydrogen-bond donors (Lipinski definition) is 3. The number of carbonyl (C=O) groups is 2. The number of anilines is 1. The van der Waals surface area contributed by atoms with Gasteiger partial charge < -0.3 is 10.6 Å². The maximum Gasteiger partial charge on any atom is 0.272 e. The molecule has 0 saturated carbocycles. The zero-order chi connectivity index (χ0) is 16.9. The van der Waals surface area contributed by atoms with Crippen molar-refractivity contribution in [3.05, 3.63) is 53.9 Å². The van der Waals surface area contributed by atoms with Crippen molar-refractivity contribution in [3.63, 3.8) is 0 Å². The van der Waals surface area contributed by atoms with Gasteiger partial charge in [0.25, 0.3) is 5.91 Å². The molecule has 2 aromatic heterocycles. The molecule has 2 heterocycles. The standard InChI is InChI=1S/C17H17N5O2/c1-11-6-7-14(19-10-11)20-15(23)8-9-18-17(24)16-12-4-2-3-5-13(12)21-22-16/h2-7,10H,8-9H2,1H3,(H,18,24)(H,21,22)(H,19,20,23). The van der Waals surface area contributed by atoms with Gasteiger partial charge >= 0.3 is 0 Å². The number of nitrogens with one attached hydrogen (secondary N) is 3. The Morgan fingerprint density at radius 2 is 2.00 bits per heavy atom. The van der Waals surface area contributed by atoms with Crippen LogP contribution in [-0.4, -0.2) is 33.5 Å². The Balaban J connectivity index is 1.51. The number of amides is 2. The number of aryl methyl sites for hydroxylation is 1. The first-order valence-electron chi connectivity index (χ1n) is 7.57. The fraction of sp³-hybridized carbons (Fsp3) is 0.176. The number of aromatic nitrogens is 3. The molecule has 0 atom stereocenters. The van der Waals surface area contributed by atoms with Gasteiger partial charge in [-0.3, -0.25) is 14.7 Å². The van der Waals surface area contributed by atoms with Gasteiger partial charge in [0.05, 0.1) is 5.52 Å². The molecule has 3 aromatic rings. The van der Waals surface area contributed by atoms with Gasteiger partial charge in [-0.1, -0.05) is 24.3 Å². The second kappa shape index (κ2) is 6.91.